The number of likely N-dealkylation sites (N-methyl/N-ethyl adjacent to an activating group) is 1. The molecule has 0 saturated heterocycles. The number of nitro benzene ring substituents is 1. The van der Waals surface area contributed by atoms with E-state index in [2.05, 4.69) is 26.1 Å². The molecule has 2 unspecified atom stereocenters. The minimum atomic E-state index is -0.402. The first-order valence-corrected chi connectivity index (χ1v) is 7.19. The van der Waals surface area contributed by atoms with E-state index < -0.39 is 4.92 Å². The van der Waals surface area contributed by atoms with Gasteiger partial charge in [0.25, 0.3) is 0 Å². The normalized spacial score (nSPS) is 13.8. The van der Waals surface area contributed by atoms with Crippen molar-refractivity contribution in [3.05, 3.63) is 33.9 Å². The van der Waals surface area contributed by atoms with Crippen molar-refractivity contribution < 1.29 is 9.66 Å². The van der Waals surface area contributed by atoms with Crippen LogP contribution in [0.4, 0.5) is 5.69 Å². The van der Waals surface area contributed by atoms with Crippen molar-refractivity contribution in [1.29, 1.82) is 0 Å². The Morgan fingerprint density at radius 2 is 2.05 bits per heavy atom. The van der Waals surface area contributed by atoms with Gasteiger partial charge in [0.15, 0.2) is 5.75 Å². The van der Waals surface area contributed by atoms with Gasteiger partial charge in [-0.2, -0.15) is 0 Å². The molecule has 0 radical (unpaired) electrons. The van der Waals surface area contributed by atoms with Gasteiger partial charge in [0.1, 0.15) is 0 Å². The molecule has 0 aliphatic heterocycles. The van der Waals surface area contributed by atoms with Crippen molar-refractivity contribution >= 4 is 5.69 Å². The Bertz CT molecular complexity index is 449. The molecule has 0 aliphatic rings. The first kappa shape index (κ1) is 16.4. The summed E-state index contributed by atoms with van der Waals surface area (Å²) in [5.74, 6) is 0.633. The fourth-order valence-corrected chi connectivity index (χ4v) is 2.41. The van der Waals surface area contributed by atoms with Gasteiger partial charge >= 0.3 is 5.69 Å². The Hall–Kier alpha value is -1.62. The van der Waals surface area contributed by atoms with E-state index in [1.54, 1.807) is 6.07 Å². The van der Waals surface area contributed by atoms with Gasteiger partial charge in [0.05, 0.1) is 11.5 Å². The van der Waals surface area contributed by atoms with Crippen molar-refractivity contribution in [2.75, 3.05) is 13.2 Å². The van der Waals surface area contributed by atoms with Gasteiger partial charge in [-0.05, 0) is 37.4 Å². The van der Waals surface area contributed by atoms with Gasteiger partial charge in [-0.25, -0.2) is 0 Å². The molecule has 0 heterocycles. The quantitative estimate of drug-likeness (QED) is 0.585. The van der Waals surface area contributed by atoms with Gasteiger partial charge in [0.2, 0.25) is 0 Å². The molecule has 0 aliphatic carbocycles. The lowest BCUT2D eigenvalue weighted by molar-refractivity contribution is -0.385. The molecule has 1 rings (SSSR count). The Kier molecular flexibility index (Phi) is 6.45. The summed E-state index contributed by atoms with van der Waals surface area (Å²) in [6, 6.07) is 5.52. The fourth-order valence-electron chi connectivity index (χ4n) is 2.41. The molecule has 0 spiro atoms. The lowest BCUT2D eigenvalue weighted by Crippen LogP contribution is -2.33. The largest absolute Gasteiger partial charge is 0.487 e. The van der Waals surface area contributed by atoms with Gasteiger partial charge in [-0.15, -0.1) is 0 Å². The van der Waals surface area contributed by atoms with Crippen LogP contribution in [0.1, 0.15) is 45.6 Å². The number of benzene rings is 1. The molecule has 2 atom stereocenters. The van der Waals surface area contributed by atoms with Crippen molar-refractivity contribution in [2.24, 2.45) is 0 Å². The van der Waals surface area contributed by atoms with Crippen LogP contribution in [-0.2, 0) is 0 Å². The number of ether oxygens (including phenoxy) is 1. The summed E-state index contributed by atoms with van der Waals surface area (Å²) in [5, 5.41) is 14.4. The number of nitrogens with one attached hydrogen (secondary N) is 1. The van der Waals surface area contributed by atoms with E-state index >= 15 is 0 Å². The lowest BCUT2D eigenvalue weighted by atomic mass is 9.91. The molecule has 0 amide bonds. The van der Waals surface area contributed by atoms with Gasteiger partial charge in [-0.3, -0.25) is 10.1 Å². The zero-order valence-corrected chi connectivity index (χ0v) is 12.7. The van der Waals surface area contributed by atoms with Crippen molar-refractivity contribution in [2.45, 2.75) is 46.1 Å². The standard InChI is InChI=1S/C15H24N2O3/c1-5-13(16-6-2)11(4)12-8-9-14(17(18)19)15(10-12)20-7-3/h8-11,13,16H,5-7H2,1-4H3. The Balaban J connectivity index is 3.06. The highest BCUT2D eigenvalue weighted by Crippen LogP contribution is 2.32. The summed E-state index contributed by atoms with van der Waals surface area (Å²) in [6.07, 6.45) is 1.01. The molecular weight excluding hydrogens is 256 g/mol. The summed E-state index contributed by atoms with van der Waals surface area (Å²) in [7, 11) is 0. The first-order chi connectivity index (χ1) is 9.54. The third-order valence-corrected chi connectivity index (χ3v) is 3.52. The SMILES string of the molecule is CCNC(CC)C(C)c1ccc([N+](=O)[O-])c(OCC)c1. The van der Waals surface area contributed by atoms with Gasteiger partial charge in [-0.1, -0.05) is 26.8 Å². The third-order valence-electron chi connectivity index (χ3n) is 3.52. The second kappa shape index (κ2) is 7.85. The summed E-state index contributed by atoms with van der Waals surface area (Å²) < 4.78 is 5.40. The highest BCUT2D eigenvalue weighted by molar-refractivity contribution is 5.49. The smallest absolute Gasteiger partial charge is 0.310 e. The van der Waals surface area contributed by atoms with Crippen LogP contribution >= 0.6 is 0 Å². The van der Waals surface area contributed by atoms with Crippen LogP contribution in [-0.4, -0.2) is 24.1 Å². The maximum Gasteiger partial charge on any atom is 0.310 e. The number of rotatable bonds is 8. The van der Waals surface area contributed by atoms with E-state index in [1.165, 1.54) is 6.07 Å². The molecule has 1 aromatic rings. The number of hydrogen-bond donors (Lipinski definition) is 1. The van der Waals surface area contributed by atoms with Crippen LogP contribution in [0.2, 0.25) is 0 Å². The molecule has 0 aromatic heterocycles. The summed E-state index contributed by atoms with van der Waals surface area (Å²) >= 11 is 0. The Labute approximate surface area is 120 Å². The van der Waals surface area contributed by atoms with Gasteiger partial charge < -0.3 is 10.1 Å². The Morgan fingerprint density at radius 1 is 1.35 bits per heavy atom. The van der Waals surface area contributed by atoms with E-state index in [0.717, 1.165) is 18.5 Å². The molecule has 5 nitrogen and oxygen atoms in total. The predicted octanol–water partition coefficient (Wildman–Crippen LogP) is 3.49. The van der Waals surface area contributed by atoms with Crippen LogP contribution in [0.15, 0.2) is 18.2 Å². The lowest BCUT2D eigenvalue weighted by Gasteiger charge is -2.24. The third kappa shape index (κ3) is 3.93. The molecule has 20 heavy (non-hydrogen) atoms. The average molecular weight is 280 g/mol. The first-order valence-electron chi connectivity index (χ1n) is 7.19. The van der Waals surface area contributed by atoms with E-state index in [-0.39, 0.29) is 11.6 Å². The molecule has 1 N–H and O–H groups in total. The molecule has 1 aromatic carbocycles. The van der Waals surface area contributed by atoms with Crippen molar-refractivity contribution in [1.82, 2.24) is 5.32 Å². The maximum atomic E-state index is 11.0. The zero-order valence-electron chi connectivity index (χ0n) is 12.7. The maximum absolute atomic E-state index is 11.0. The molecular formula is C15H24N2O3. The van der Waals surface area contributed by atoms with Crippen LogP contribution in [0.5, 0.6) is 5.75 Å². The minimum Gasteiger partial charge on any atom is -0.487 e. The van der Waals surface area contributed by atoms with Crippen LogP contribution in [0.3, 0.4) is 0 Å². The topological polar surface area (TPSA) is 64.4 Å². The number of hydrogen-bond acceptors (Lipinski definition) is 4. The predicted molar refractivity (Wildman–Crippen MR) is 80.4 cm³/mol. The number of nitrogens with zero attached hydrogens (tertiary/aromatic N) is 1. The van der Waals surface area contributed by atoms with Crippen LogP contribution in [0.25, 0.3) is 0 Å². The van der Waals surface area contributed by atoms with E-state index in [0.29, 0.717) is 18.4 Å². The van der Waals surface area contributed by atoms with Crippen LogP contribution < -0.4 is 10.1 Å². The van der Waals surface area contributed by atoms with Gasteiger partial charge in [0, 0.05) is 12.1 Å². The Morgan fingerprint density at radius 3 is 2.55 bits per heavy atom. The summed E-state index contributed by atoms with van der Waals surface area (Å²) in [4.78, 5) is 10.6. The fraction of sp³-hybridized carbons (Fsp3) is 0.600. The van der Waals surface area contributed by atoms with Crippen LogP contribution in [0, 0.1) is 10.1 Å². The van der Waals surface area contributed by atoms with E-state index in [1.807, 2.05) is 13.0 Å². The van der Waals surface area contributed by atoms with E-state index in [9.17, 15) is 10.1 Å². The zero-order chi connectivity index (χ0) is 15.1. The molecule has 112 valence electrons. The molecule has 5 heteroatoms. The average Bonchev–Trinajstić information content (AvgIpc) is 2.44. The molecule has 0 saturated carbocycles. The van der Waals surface area contributed by atoms with Crippen molar-refractivity contribution in [3.8, 4) is 5.75 Å². The second-order valence-electron chi connectivity index (χ2n) is 4.78. The minimum absolute atomic E-state index is 0.0271. The number of nitro groups is 1. The molecule has 0 fully saturated rings. The summed E-state index contributed by atoms with van der Waals surface area (Å²) in [6.45, 7) is 9.51. The summed E-state index contributed by atoms with van der Waals surface area (Å²) in [5.41, 5.74) is 1.09. The highest BCUT2D eigenvalue weighted by atomic mass is 16.6. The van der Waals surface area contributed by atoms with Crippen molar-refractivity contribution in [3.63, 3.8) is 0 Å². The second-order valence-corrected chi connectivity index (χ2v) is 4.78. The monoisotopic (exact) mass is 280 g/mol. The van der Waals surface area contributed by atoms with E-state index in [4.69, 9.17) is 4.74 Å². The molecule has 0 bridgehead atoms. The highest BCUT2D eigenvalue weighted by Gasteiger charge is 2.21.